The van der Waals surface area contributed by atoms with E-state index in [1.807, 2.05) is 25.1 Å². The predicted molar refractivity (Wildman–Crippen MR) is 80.5 cm³/mol. The molecule has 1 heterocycles. The average molecular weight is 271 g/mol. The van der Waals surface area contributed by atoms with Crippen molar-refractivity contribution in [3.63, 3.8) is 0 Å². The Hall–Kier alpha value is -1.94. The zero-order valence-electron chi connectivity index (χ0n) is 12.1. The Labute approximate surface area is 120 Å². The van der Waals surface area contributed by atoms with Crippen molar-refractivity contribution >= 4 is 5.82 Å². The molecule has 1 aromatic carbocycles. The van der Waals surface area contributed by atoms with Gasteiger partial charge in [0.05, 0.1) is 6.61 Å². The summed E-state index contributed by atoms with van der Waals surface area (Å²) in [6.45, 7) is 6.27. The fraction of sp³-hybridized carbons (Fsp3) is 0.375. The number of rotatable bonds is 7. The van der Waals surface area contributed by atoms with Gasteiger partial charge in [-0.1, -0.05) is 31.2 Å². The number of hydrogen-bond donors (Lipinski definition) is 1. The van der Waals surface area contributed by atoms with Crippen molar-refractivity contribution in [2.24, 2.45) is 0 Å². The molecule has 0 aliphatic carbocycles. The zero-order chi connectivity index (χ0) is 14.2. The second kappa shape index (κ2) is 7.60. The van der Waals surface area contributed by atoms with Gasteiger partial charge in [0.2, 0.25) is 0 Å². The molecule has 0 aliphatic heterocycles. The van der Waals surface area contributed by atoms with Crippen LogP contribution in [0.3, 0.4) is 0 Å². The van der Waals surface area contributed by atoms with Crippen LogP contribution in [0.25, 0.3) is 0 Å². The summed E-state index contributed by atoms with van der Waals surface area (Å²) in [5.41, 5.74) is 3.42. The second-order valence-electron chi connectivity index (χ2n) is 4.72. The van der Waals surface area contributed by atoms with Gasteiger partial charge in [-0.15, -0.1) is 0 Å². The molecule has 4 heteroatoms. The summed E-state index contributed by atoms with van der Waals surface area (Å²) in [6.07, 6.45) is 2.62. The van der Waals surface area contributed by atoms with Crippen molar-refractivity contribution < 1.29 is 4.74 Å². The predicted octanol–water partition coefficient (Wildman–Crippen LogP) is 3.32. The summed E-state index contributed by atoms with van der Waals surface area (Å²) in [5, 5.41) is 3.33. The van der Waals surface area contributed by atoms with Crippen molar-refractivity contribution in [2.75, 3.05) is 11.9 Å². The summed E-state index contributed by atoms with van der Waals surface area (Å²) < 4.78 is 5.63. The maximum Gasteiger partial charge on any atom is 0.129 e. The minimum atomic E-state index is 0.661. The van der Waals surface area contributed by atoms with Crippen molar-refractivity contribution in [1.29, 1.82) is 0 Å². The second-order valence-corrected chi connectivity index (χ2v) is 4.72. The van der Waals surface area contributed by atoms with Crippen LogP contribution in [0.1, 0.15) is 30.2 Å². The Morgan fingerprint density at radius 1 is 1.15 bits per heavy atom. The van der Waals surface area contributed by atoms with E-state index in [9.17, 15) is 0 Å². The van der Waals surface area contributed by atoms with Gasteiger partial charge in [0.15, 0.2) is 0 Å². The molecule has 0 amide bonds. The first-order valence-electron chi connectivity index (χ1n) is 6.96. The first kappa shape index (κ1) is 14.5. The molecule has 0 saturated carbocycles. The van der Waals surface area contributed by atoms with Gasteiger partial charge in [-0.3, -0.25) is 0 Å². The van der Waals surface area contributed by atoms with Crippen molar-refractivity contribution in [1.82, 2.24) is 9.97 Å². The Kier molecular flexibility index (Phi) is 5.50. The molecule has 0 radical (unpaired) electrons. The SMILES string of the molecule is CCCOCc1ccccc1CNc1cc(C)ncn1. The fourth-order valence-corrected chi connectivity index (χ4v) is 1.93. The van der Waals surface area contributed by atoms with Gasteiger partial charge in [-0.2, -0.15) is 0 Å². The lowest BCUT2D eigenvalue weighted by atomic mass is 10.1. The number of nitrogens with zero attached hydrogens (tertiary/aromatic N) is 2. The molecule has 0 fully saturated rings. The molecule has 2 aromatic rings. The highest BCUT2D eigenvalue weighted by atomic mass is 16.5. The molecule has 4 nitrogen and oxygen atoms in total. The van der Waals surface area contributed by atoms with Crippen LogP contribution in [0.15, 0.2) is 36.7 Å². The fourth-order valence-electron chi connectivity index (χ4n) is 1.93. The van der Waals surface area contributed by atoms with E-state index in [-0.39, 0.29) is 0 Å². The molecule has 0 saturated heterocycles. The van der Waals surface area contributed by atoms with E-state index in [0.717, 1.165) is 31.1 Å². The molecular weight excluding hydrogens is 250 g/mol. The third-order valence-electron chi connectivity index (χ3n) is 2.99. The highest BCUT2D eigenvalue weighted by molar-refractivity contribution is 5.37. The number of benzene rings is 1. The molecule has 0 aliphatic rings. The lowest BCUT2D eigenvalue weighted by Gasteiger charge is -2.11. The average Bonchev–Trinajstić information content (AvgIpc) is 2.47. The monoisotopic (exact) mass is 271 g/mol. The molecule has 0 unspecified atom stereocenters. The van der Waals surface area contributed by atoms with Crippen molar-refractivity contribution in [2.45, 2.75) is 33.4 Å². The maximum absolute atomic E-state index is 5.63. The van der Waals surface area contributed by atoms with Crippen LogP contribution in [0.4, 0.5) is 5.82 Å². The molecule has 0 atom stereocenters. The van der Waals surface area contributed by atoms with Gasteiger partial charge in [-0.25, -0.2) is 9.97 Å². The molecule has 20 heavy (non-hydrogen) atoms. The van der Waals surface area contributed by atoms with E-state index >= 15 is 0 Å². The number of hydrogen-bond acceptors (Lipinski definition) is 4. The number of aryl methyl sites for hydroxylation is 1. The number of aromatic nitrogens is 2. The maximum atomic E-state index is 5.63. The van der Waals surface area contributed by atoms with Crippen molar-refractivity contribution in [3.05, 3.63) is 53.5 Å². The van der Waals surface area contributed by atoms with Crippen LogP contribution in [0, 0.1) is 6.92 Å². The zero-order valence-corrected chi connectivity index (χ0v) is 12.1. The van der Waals surface area contributed by atoms with E-state index in [4.69, 9.17) is 4.74 Å². The summed E-state index contributed by atoms with van der Waals surface area (Å²) in [5.74, 6) is 0.849. The highest BCUT2D eigenvalue weighted by Crippen LogP contribution is 2.13. The van der Waals surface area contributed by atoms with Crippen LogP contribution >= 0.6 is 0 Å². The normalized spacial score (nSPS) is 10.5. The van der Waals surface area contributed by atoms with E-state index in [0.29, 0.717) is 6.61 Å². The van der Waals surface area contributed by atoms with E-state index in [2.05, 4.69) is 34.3 Å². The Morgan fingerprint density at radius 2 is 1.95 bits per heavy atom. The van der Waals surface area contributed by atoms with Crippen LogP contribution in [-0.2, 0) is 17.9 Å². The standard InChI is InChI=1S/C16H21N3O/c1-3-8-20-11-15-7-5-4-6-14(15)10-17-16-9-13(2)18-12-19-16/h4-7,9,12H,3,8,10-11H2,1-2H3,(H,17,18,19). The highest BCUT2D eigenvalue weighted by Gasteiger charge is 2.02. The minimum Gasteiger partial charge on any atom is -0.377 e. The summed E-state index contributed by atoms with van der Waals surface area (Å²) in [7, 11) is 0. The first-order valence-corrected chi connectivity index (χ1v) is 6.96. The number of nitrogens with one attached hydrogen (secondary N) is 1. The van der Waals surface area contributed by atoms with E-state index in [1.54, 1.807) is 6.33 Å². The van der Waals surface area contributed by atoms with Crippen LogP contribution in [0.5, 0.6) is 0 Å². The third-order valence-corrected chi connectivity index (χ3v) is 2.99. The van der Waals surface area contributed by atoms with Gasteiger partial charge in [0.1, 0.15) is 12.1 Å². The van der Waals surface area contributed by atoms with Gasteiger partial charge >= 0.3 is 0 Å². The first-order chi connectivity index (χ1) is 9.79. The number of anilines is 1. The lowest BCUT2D eigenvalue weighted by molar-refractivity contribution is 0.121. The van der Waals surface area contributed by atoms with E-state index < -0.39 is 0 Å². The molecule has 1 N–H and O–H groups in total. The summed E-state index contributed by atoms with van der Waals surface area (Å²) in [4.78, 5) is 8.30. The molecule has 2 rings (SSSR count). The minimum absolute atomic E-state index is 0.661. The van der Waals surface area contributed by atoms with E-state index in [1.165, 1.54) is 11.1 Å². The Balaban J connectivity index is 1.98. The van der Waals surface area contributed by atoms with Crippen LogP contribution in [-0.4, -0.2) is 16.6 Å². The smallest absolute Gasteiger partial charge is 0.129 e. The molecule has 0 bridgehead atoms. The number of ether oxygens (including phenoxy) is 1. The molecule has 106 valence electrons. The third kappa shape index (κ3) is 4.31. The largest absolute Gasteiger partial charge is 0.377 e. The lowest BCUT2D eigenvalue weighted by Crippen LogP contribution is -2.06. The van der Waals surface area contributed by atoms with Gasteiger partial charge < -0.3 is 10.1 Å². The Bertz CT molecular complexity index is 543. The van der Waals surface area contributed by atoms with Crippen LogP contribution in [0.2, 0.25) is 0 Å². The summed E-state index contributed by atoms with van der Waals surface area (Å²) >= 11 is 0. The van der Waals surface area contributed by atoms with Gasteiger partial charge in [-0.05, 0) is 24.5 Å². The van der Waals surface area contributed by atoms with Crippen LogP contribution < -0.4 is 5.32 Å². The van der Waals surface area contributed by atoms with Crippen molar-refractivity contribution in [3.8, 4) is 0 Å². The molecule has 0 spiro atoms. The Morgan fingerprint density at radius 3 is 2.70 bits per heavy atom. The van der Waals surface area contributed by atoms with Gasteiger partial charge in [0.25, 0.3) is 0 Å². The topological polar surface area (TPSA) is 47.0 Å². The molecule has 1 aromatic heterocycles. The quantitative estimate of drug-likeness (QED) is 0.785. The summed E-state index contributed by atoms with van der Waals surface area (Å²) in [6, 6.07) is 10.3. The van der Waals surface area contributed by atoms with Gasteiger partial charge in [0, 0.05) is 24.9 Å². The molecular formula is C16H21N3O.